The molecule has 0 aliphatic heterocycles. The first-order chi connectivity index (χ1) is 9.74. The normalized spacial score (nSPS) is 17.4. The Morgan fingerprint density at radius 3 is 2.65 bits per heavy atom. The molecule has 1 fully saturated rings. The summed E-state index contributed by atoms with van der Waals surface area (Å²) < 4.78 is 2.15. The molecule has 5 heteroatoms. The molecule has 20 heavy (non-hydrogen) atoms. The molecule has 0 unspecified atom stereocenters. The standard InChI is InChI=1S/C15H20N4O/c16-14(9-11-5-7-13(20)8-6-11)15-18-17-10-19(15)12-3-1-2-4-12/h5-8,10,12,14,20H,1-4,9,16H2/t14-/m1/s1. The Hall–Kier alpha value is -1.88. The first kappa shape index (κ1) is 13.1. The molecule has 1 heterocycles. The second-order valence-electron chi connectivity index (χ2n) is 5.51. The quantitative estimate of drug-likeness (QED) is 0.895. The summed E-state index contributed by atoms with van der Waals surface area (Å²) in [5.41, 5.74) is 7.39. The highest BCUT2D eigenvalue weighted by Gasteiger charge is 2.22. The number of nitrogens with two attached hydrogens (primary N) is 1. The molecule has 3 rings (SSSR count). The van der Waals surface area contributed by atoms with Crippen LogP contribution >= 0.6 is 0 Å². The Morgan fingerprint density at radius 2 is 1.95 bits per heavy atom. The number of phenols is 1. The molecule has 1 aromatic heterocycles. The molecule has 106 valence electrons. The summed E-state index contributed by atoms with van der Waals surface area (Å²) in [5.74, 6) is 1.14. The maximum Gasteiger partial charge on any atom is 0.150 e. The van der Waals surface area contributed by atoms with E-state index in [1.165, 1.54) is 25.7 Å². The van der Waals surface area contributed by atoms with Crippen LogP contribution in [0.1, 0.15) is 49.2 Å². The van der Waals surface area contributed by atoms with Crippen molar-refractivity contribution in [2.45, 2.75) is 44.2 Å². The fourth-order valence-electron chi connectivity index (χ4n) is 2.96. The van der Waals surface area contributed by atoms with E-state index < -0.39 is 0 Å². The van der Waals surface area contributed by atoms with Crippen molar-refractivity contribution in [1.82, 2.24) is 14.8 Å². The number of hydrogen-bond acceptors (Lipinski definition) is 4. The minimum absolute atomic E-state index is 0.164. The maximum atomic E-state index is 9.30. The van der Waals surface area contributed by atoms with Gasteiger partial charge >= 0.3 is 0 Å². The molecule has 3 N–H and O–H groups in total. The van der Waals surface area contributed by atoms with Gasteiger partial charge in [0.15, 0.2) is 0 Å². The van der Waals surface area contributed by atoms with Gasteiger partial charge in [0, 0.05) is 6.04 Å². The summed E-state index contributed by atoms with van der Waals surface area (Å²) in [6.45, 7) is 0. The average Bonchev–Trinajstić information content (AvgIpc) is 3.11. The maximum absolute atomic E-state index is 9.30. The Morgan fingerprint density at radius 1 is 1.25 bits per heavy atom. The summed E-state index contributed by atoms with van der Waals surface area (Å²) in [4.78, 5) is 0. The third-order valence-electron chi connectivity index (χ3n) is 4.04. The van der Waals surface area contributed by atoms with Crippen LogP contribution in [0.25, 0.3) is 0 Å². The number of aromatic hydroxyl groups is 1. The van der Waals surface area contributed by atoms with Crippen molar-refractivity contribution in [3.63, 3.8) is 0 Å². The van der Waals surface area contributed by atoms with E-state index in [1.807, 2.05) is 18.5 Å². The molecular weight excluding hydrogens is 252 g/mol. The van der Waals surface area contributed by atoms with Gasteiger partial charge in [0.2, 0.25) is 0 Å². The van der Waals surface area contributed by atoms with Gasteiger partial charge in [-0.15, -0.1) is 10.2 Å². The summed E-state index contributed by atoms with van der Waals surface area (Å²) >= 11 is 0. The molecule has 5 nitrogen and oxygen atoms in total. The molecule has 2 aromatic rings. The third kappa shape index (κ3) is 2.67. The molecular formula is C15H20N4O. The molecule has 1 atom stereocenters. The molecule has 1 aromatic carbocycles. The number of nitrogens with zero attached hydrogens (tertiary/aromatic N) is 3. The van der Waals surface area contributed by atoms with Crippen LogP contribution in [0.3, 0.4) is 0 Å². The van der Waals surface area contributed by atoms with Gasteiger partial charge in [-0.25, -0.2) is 0 Å². The number of rotatable bonds is 4. The molecule has 0 bridgehead atoms. The highest BCUT2D eigenvalue weighted by Crippen LogP contribution is 2.31. The van der Waals surface area contributed by atoms with Crippen molar-refractivity contribution in [2.75, 3.05) is 0 Å². The third-order valence-corrected chi connectivity index (χ3v) is 4.04. The van der Waals surface area contributed by atoms with E-state index >= 15 is 0 Å². The lowest BCUT2D eigenvalue weighted by Gasteiger charge is -2.17. The zero-order valence-corrected chi connectivity index (χ0v) is 11.4. The fourth-order valence-corrected chi connectivity index (χ4v) is 2.96. The Bertz CT molecular complexity index is 558. The summed E-state index contributed by atoms with van der Waals surface area (Å²) in [6, 6.07) is 7.50. The first-order valence-corrected chi connectivity index (χ1v) is 7.17. The van der Waals surface area contributed by atoms with Gasteiger partial charge < -0.3 is 15.4 Å². The lowest BCUT2D eigenvalue weighted by Crippen LogP contribution is -2.20. The monoisotopic (exact) mass is 272 g/mol. The highest BCUT2D eigenvalue weighted by atomic mass is 16.3. The van der Waals surface area contributed by atoms with Crippen LogP contribution < -0.4 is 5.73 Å². The molecule has 1 aliphatic carbocycles. The van der Waals surface area contributed by atoms with Crippen LogP contribution in [-0.4, -0.2) is 19.9 Å². The number of aromatic nitrogens is 3. The predicted octanol–water partition coefficient (Wildman–Crippen LogP) is 2.34. The van der Waals surface area contributed by atoms with Gasteiger partial charge in [-0.1, -0.05) is 25.0 Å². The smallest absolute Gasteiger partial charge is 0.150 e. The van der Waals surface area contributed by atoms with Gasteiger partial charge in [-0.05, 0) is 37.0 Å². The van der Waals surface area contributed by atoms with E-state index in [1.54, 1.807) is 12.1 Å². The van der Waals surface area contributed by atoms with Crippen molar-refractivity contribution in [3.8, 4) is 5.75 Å². The van der Waals surface area contributed by atoms with E-state index in [-0.39, 0.29) is 11.8 Å². The molecule has 0 saturated heterocycles. The minimum atomic E-state index is -0.164. The average molecular weight is 272 g/mol. The SMILES string of the molecule is N[C@H](Cc1ccc(O)cc1)c1nncn1C1CCCC1. The van der Waals surface area contributed by atoms with Gasteiger partial charge in [-0.2, -0.15) is 0 Å². The Labute approximate surface area is 118 Å². The lowest BCUT2D eigenvalue weighted by atomic mass is 10.1. The number of benzene rings is 1. The first-order valence-electron chi connectivity index (χ1n) is 7.17. The highest BCUT2D eigenvalue weighted by molar-refractivity contribution is 5.26. The summed E-state index contributed by atoms with van der Waals surface area (Å²) in [6.07, 6.45) is 7.44. The van der Waals surface area contributed by atoms with Crippen LogP contribution in [0.2, 0.25) is 0 Å². The van der Waals surface area contributed by atoms with Crippen LogP contribution in [-0.2, 0) is 6.42 Å². The molecule has 0 amide bonds. The van der Waals surface area contributed by atoms with Crippen molar-refractivity contribution in [1.29, 1.82) is 0 Å². The second kappa shape index (κ2) is 5.63. The molecule has 1 saturated carbocycles. The lowest BCUT2D eigenvalue weighted by molar-refractivity contribution is 0.472. The number of hydrogen-bond donors (Lipinski definition) is 2. The van der Waals surface area contributed by atoms with Gasteiger partial charge in [0.1, 0.15) is 17.9 Å². The minimum Gasteiger partial charge on any atom is -0.508 e. The van der Waals surface area contributed by atoms with E-state index in [4.69, 9.17) is 5.73 Å². The Balaban J connectivity index is 1.75. The summed E-state index contributed by atoms with van der Waals surface area (Å²) in [5, 5.41) is 17.6. The van der Waals surface area contributed by atoms with Crippen molar-refractivity contribution in [2.24, 2.45) is 5.73 Å². The largest absolute Gasteiger partial charge is 0.508 e. The van der Waals surface area contributed by atoms with Crippen molar-refractivity contribution < 1.29 is 5.11 Å². The van der Waals surface area contributed by atoms with Crippen LogP contribution in [0.5, 0.6) is 5.75 Å². The van der Waals surface area contributed by atoms with Gasteiger partial charge in [0.05, 0.1) is 6.04 Å². The summed E-state index contributed by atoms with van der Waals surface area (Å²) in [7, 11) is 0. The number of phenolic OH excluding ortho intramolecular Hbond substituents is 1. The van der Waals surface area contributed by atoms with Crippen molar-refractivity contribution in [3.05, 3.63) is 42.0 Å². The van der Waals surface area contributed by atoms with E-state index in [9.17, 15) is 5.11 Å². The van der Waals surface area contributed by atoms with Gasteiger partial charge in [-0.3, -0.25) is 0 Å². The zero-order valence-electron chi connectivity index (χ0n) is 11.4. The van der Waals surface area contributed by atoms with E-state index in [0.29, 0.717) is 12.5 Å². The zero-order chi connectivity index (χ0) is 13.9. The fraction of sp³-hybridized carbons (Fsp3) is 0.467. The van der Waals surface area contributed by atoms with Crippen molar-refractivity contribution >= 4 is 0 Å². The Kier molecular flexibility index (Phi) is 3.69. The molecule has 0 radical (unpaired) electrons. The second-order valence-corrected chi connectivity index (χ2v) is 5.51. The van der Waals surface area contributed by atoms with Crippen LogP contribution in [0.4, 0.5) is 0 Å². The predicted molar refractivity (Wildman–Crippen MR) is 76.3 cm³/mol. The topological polar surface area (TPSA) is 77.0 Å². The molecule has 0 spiro atoms. The van der Waals surface area contributed by atoms with E-state index in [0.717, 1.165) is 11.4 Å². The van der Waals surface area contributed by atoms with Crippen LogP contribution in [0.15, 0.2) is 30.6 Å². The van der Waals surface area contributed by atoms with Gasteiger partial charge in [0.25, 0.3) is 0 Å². The van der Waals surface area contributed by atoms with E-state index in [2.05, 4.69) is 14.8 Å². The molecule has 1 aliphatic rings. The van der Waals surface area contributed by atoms with Crippen LogP contribution in [0, 0.1) is 0 Å².